The van der Waals surface area contributed by atoms with Crippen molar-refractivity contribution in [3.05, 3.63) is 60.8 Å². The van der Waals surface area contributed by atoms with Crippen molar-refractivity contribution >= 4 is 11.9 Å². The first kappa shape index (κ1) is 29.6. The molecule has 0 aromatic rings. The fourth-order valence-corrected chi connectivity index (χ4v) is 3.05. The molecule has 32 heavy (non-hydrogen) atoms. The Morgan fingerprint density at radius 1 is 0.750 bits per heavy atom. The predicted octanol–water partition coefficient (Wildman–Crippen LogP) is 5.97. The number of allylic oxidation sites excluding steroid dienone is 10. The average molecular weight is 443 g/mol. The predicted molar refractivity (Wildman–Crippen MR) is 134 cm³/mol. The summed E-state index contributed by atoms with van der Waals surface area (Å²) in [5, 5.41) is 13.6. The Morgan fingerprint density at radius 3 is 1.72 bits per heavy atom. The van der Waals surface area contributed by atoms with Crippen LogP contribution in [0.1, 0.15) is 91.4 Å². The fourth-order valence-electron chi connectivity index (χ4n) is 3.05. The summed E-state index contributed by atoms with van der Waals surface area (Å²) in [4.78, 5) is 23.0. The van der Waals surface area contributed by atoms with Crippen molar-refractivity contribution in [2.45, 2.75) is 97.4 Å². The molecular formula is C28H44NO3-. The van der Waals surface area contributed by atoms with Gasteiger partial charge in [0.05, 0.1) is 12.0 Å². The number of carbonyl (C=O) groups excluding carboxylic acids is 2. The molecule has 0 heterocycles. The van der Waals surface area contributed by atoms with Crippen LogP contribution in [-0.2, 0) is 9.59 Å². The fraction of sp³-hybridized carbons (Fsp3) is 0.571. The van der Waals surface area contributed by atoms with E-state index in [1.807, 2.05) is 13.8 Å². The molecule has 0 aliphatic carbocycles. The van der Waals surface area contributed by atoms with Crippen LogP contribution in [0.15, 0.2) is 60.8 Å². The van der Waals surface area contributed by atoms with Crippen LogP contribution >= 0.6 is 0 Å². The molecule has 1 N–H and O–H groups in total. The molecule has 1 amide bonds. The molecule has 0 radical (unpaired) electrons. The van der Waals surface area contributed by atoms with Crippen LogP contribution in [0.5, 0.6) is 0 Å². The lowest BCUT2D eigenvalue weighted by Gasteiger charge is -2.21. The maximum absolute atomic E-state index is 11.9. The van der Waals surface area contributed by atoms with Gasteiger partial charge in [0.25, 0.3) is 0 Å². The van der Waals surface area contributed by atoms with Crippen LogP contribution in [0.2, 0.25) is 0 Å². The minimum Gasteiger partial charge on any atom is -0.548 e. The first-order chi connectivity index (χ1) is 15.5. The van der Waals surface area contributed by atoms with E-state index in [0.29, 0.717) is 12.8 Å². The summed E-state index contributed by atoms with van der Waals surface area (Å²) < 4.78 is 0. The molecule has 0 fully saturated rings. The largest absolute Gasteiger partial charge is 0.548 e. The summed E-state index contributed by atoms with van der Waals surface area (Å²) in [7, 11) is 0. The van der Waals surface area contributed by atoms with Crippen molar-refractivity contribution in [2.75, 3.05) is 0 Å². The third kappa shape index (κ3) is 20.9. The summed E-state index contributed by atoms with van der Waals surface area (Å²) in [6, 6.07) is -0.885. The lowest BCUT2D eigenvalue weighted by molar-refractivity contribution is -0.308. The Bertz CT molecular complexity index is 627. The molecule has 1 atom stereocenters. The van der Waals surface area contributed by atoms with Crippen molar-refractivity contribution < 1.29 is 14.7 Å². The standard InChI is InChI=1S/C28H45NO3/c1-4-5-6-7-8-9-10-11-12-13-14-15-16-17-18-19-20-21-22-23-27(30)29-26(28(31)32)24-25(2)3/h5-6,8-9,11-12,14-15,17-18,25-26H,4,7,10,13,16,19-24H2,1-3H3,(H,29,30)(H,31,32)/p-1/b6-5-,9-8-,12-11-,15-14-,18-17-. The maximum atomic E-state index is 11.9. The molecule has 0 bridgehead atoms. The molecule has 4 nitrogen and oxygen atoms in total. The third-order valence-electron chi connectivity index (χ3n) is 4.76. The number of hydrogen-bond donors (Lipinski definition) is 1. The summed E-state index contributed by atoms with van der Waals surface area (Å²) in [5.41, 5.74) is 0. The van der Waals surface area contributed by atoms with E-state index in [1.165, 1.54) is 0 Å². The van der Waals surface area contributed by atoms with Crippen molar-refractivity contribution in [3.8, 4) is 0 Å². The SMILES string of the molecule is CC/C=C\C/C=C\C/C=C\C/C=C\C/C=C\CCCCCC(=O)NC(CC(C)C)C(=O)[O-]. The number of unbranched alkanes of at least 4 members (excludes halogenated alkanes) is 3. The molecular weight excluding hydrogens is 398 g/mol. The molecule has 4 heteroatoms. The zero-order valence-corrected chi connectivity index (χ0v) is 20.4. The van der Waals surface area contributed by atoms with Gasteiger partial charge in [0.2, 0.25) is 5.91 Å². The molecule has 0 aromatic carbocycles. The highest BCUT2D eigenvalue weighted by Gasteiger charge is 2.14. The number of rotatable bonds is 19. The smallest absolute Gasteiger partial charge is 0.220 e. The van der Waals surface area contributed by atoms with Gasteiger partial charge in [0, 0.05) is 6.42 Å². The van der Waals surface area contributed by atoms with Crippen LogP contribution in [0.4, 0.5) is 0 Å². The highest BCUT2D eigenvalue weighted by Crippen LogP contribution is 2.07. The number of carbonyl (C=O) groups is 2. The molecule has 0 spiro atoms. The molecule has 0 saturated carbocycles. The summed E-state index contributed by atoms with van der Waals surface area (Å²) >= 11 is 0. The first-order valence-electron chi connectivity index (χ1n) is 12.2. The van der Waals surface area contributed by atoms with E-state index in [2.05, 4.69) is 73.0 Å². The molecule has 1 unspecified atom stereocenters. The highest BCUT2D eigenvalue weighted by atomic mass is 16.4. The second-order valence-electron chi connectivity index (χ2n) is 8.38. The minimum absolute atomic E-state index is 0.196. The topological polar surface area (TPSA) is 69.2 Å². The Hall–Kier alpha value is -2.36. The third-order valence-corrected chi connectivity index (χ3v) is 4.76. The summed E-state index contributed by atoms with van der Waals surface area (Å²) in [6.45, 7) is 6.00. The Morgan fingerprint density at radius 2 is 1.25 bits per heavy atom. The number of nitrogens with one attached hydrogen (secondary N) is 1. The van der Waals surface area contributed by atoms with Crippen molar-refractivity contribution in [1.82, 2.24) is 5.32 Å². The van der Waals surface area contributed by atoms with E-state index in [4.69, 9.17) is 0 Å². The second kappa shape index (κ2) is 21.9. The van der Waals surface area contributed by atoms with E-state index < -0.39 is 12.0 Å². The lowest BCUT2D eigenvalue weighted by atomic mass is 10.0. The Kier molecular flexibility index (Phi) is 20.2. The maximum Gasteiger partial charge on any atom is 0.220 e. The Balaban J connectivity index is 3.67. The summed E-state index contributed by atoms with van der Waals surface area (Å²) in [5.74, 6) is -1.21. The zero-order chi connectivity index (χ0) is 23.9. The van der Waals surface area contributed by atoms with E-state index in [9.17, 15) is 14.7 Å². The van der Waals surface area contributed by atoms with Gasteiger partial charge in [-0.05, 0) is 63.7 Å². The molecule has 0 aromatic heterocycles. The van der Waals surface area contributed by atoms with Crippen LogP contribution in [0.3, 0.4) is 0 Å². The lowest BCUT2D eigenvalue weighted by Crippen LogP contribution is -2.48. The normalized spacial score (nSPS) is 13.5. The monoisotopic (exact) mass is 442 g/mol. The van der Waals surface area contributed by atoms with Crippen LogP contribution < -0.4 is 10.4 Å². The van der Waals surface area contributed by atoms with Crippen molar-refractivity contribution in [2.24, 2.45) is 5.92 Å². The molecule has 0 aliphatic rings. The zero-order valence-electron chi connectivity index (χ0n) is 20.4. The number of amides is 1. The van der Waals surface area contributed by atoms with Crippen molar-refractivity contribution in [1.29, 1.82) is 0 Å². The van der Waals surface area contributed by atoms with E-state index in [-0.39, 0.29) is 11.8 Å². The molecule has 0 aliphatic heterocycles. The second-order valence-corrected chi connectivity index (χ2v) is 8.38. The van der Waals surface area contributed by atoms with E-state index in [1.54, 1.807) is 0 Å². The van der Waals surface area contributed by atoms with E-state index in [0.717, 1.165) is 57.8 Å². The van der Waals surface area contributed by atoms with Gasteiger partial charge >= 0.3 is 0 Å². The first-order valence-corrected chi connectivity index (χ1v) is 12.2. The molecule has 0 saturated heterocycles. The van der Waals surface area contributed by atoms with Gasteiger partial charge in [-0.15, -0.1) is 0 Å². The Labute approximate surface area is 196 Å². The van der Waals surface area contributed by atoms with Gasteiger partial charge in [-0.25, -0.2) is 0 Å². The van der Waals surface area contributed by atoms with Crippen molar-refractivity contribution in [3.63, 3.8) is 0 Å². The molecule has 0 rings (SSSR count). The van der Waals surface area contributed by atoms with E-state index >= 15 is 0 Å². The average Bonchev–Trinajstić information content (AvgIpc) is 2.74. The van der Waals surface area contributed by atoms with Crippen LogP contribution in [0, 0.1) is 5.92 Å². The molecule has 180 valence electrons. The van der Waals surface area contributed by atoms with Crippen LogP contribution in [0.25, 0.3) is 0 Å². The van der Waals surface area contributed by atoms with Gasteiger partial charge in [-0.1, -0.05) is 88.0 Å². The number of carboxylic acids is 1. The van der Waals surface area contributed by atoms with Crippen LogP contribution in [-0.4, -0.2) is 17.9 Å². The van der Waals surface area contributed by atoms with Gasteiger partial charge in [0.15, 0.2) is 0 Å². The summed E-state index contributed by atoms with van der Waals surface area (Å²) in [6.07, 6.45) is 31.5. The quantitative estimate of drug-likeness (QED) is 0.198. The van der Waals surface area contributed by atoms with Gasteiger partial charge in [-0.3, -0.25) is 4.79 Å². The van der Waals surface area contributed by atoms with Gasteiger partial charge < -0.3 is 15.2 Å². The number of carboxylic acid groups (broad SMARTS) is 1. The van der Waals surface area contributed by atoms with Gasteiger partial charge in [-0.2, -0.15) is 0 Å². The number of hydrogen-bond acceptors (Lipinski definition) is 3. The minimum atomic E-state index is -1.20. The van der Waals surface area contributed by atoms with Gasteiger partial charge in [0.1, 0.15) is 0 Å². The highest BCUT2D eigenvalue weighted by molar-refractivity contribution is 5.82. The number of aliphatic carboxylic acids is 1.